The number of ether oxygens (including phenoxy) is 1. The van der Waals surface area contributed by atoms with Crippen LogP contribution in [0.15, 0.2) is 30.3 Å². The smallest absolute Gasteiger partial charge is 0.307 e. The molecule has 3 aromatic rings. The Hall–Kier alpha value is -2.78. The second kappa shape index (κ2) is 6.99. The molecular weight excluding hydrogens is 414 g/mol. The molecule has 10 heteroatoms. The zero-order valence-electron chi connectivity index (χ0n) is 14.0. The Labute approximate surface area is 165 Å². The molecule has 0 bridgehead atoms. The van der Waals surface area contributed by atoms with E-state index < -0.39 is 36.0 Å². The minimum Gasteiger partial charge on any atom is -0.481 e. The molecule has 0 aliphatic carbocycles. The van der Waals surface area contributed by atoms with Gasteiger partial charge < -0.3 is 9.84 Å². The largest absolute Gasteiger partial charge is 0.481 e. The van der Waals surface area contributed by atoms with Crippen LogP contribution in [0.3, 0.4) is 0 Å². The Bertz CT molecular complexity index is 1120. The lowest BCUT2D eigenvalue weighted by Crippen LogP contribution is -2.46. The monoisotopic (exact) mass is 424 g/mol. The third-order valence-electron chi connectivity index (χ3n) is 4.19. The number of thiazole rings is 1. The number of fused-ring (bicyclic) bond motifs is 2. The molecule has 2 heterocycles. The van der Waals surface area contributed by atoms with Crippen molar-refractivity contribution in [1.29, 1.82) is 0 Å². The number of anilines is 1. The lowest BCUT2D eigenvalue weighted by molar-refractivity contribution is -0.142. The number of nitrogens with zero attached hydrogens (tertiary/aromatic N) is 2. The predicted molar refractivity (Wildman–Crippen MR) is 98.8 cm³/mol. The highest BCUT2D eigenvalue weighted by Gasteiger charge is 2.36. The summed E-state index contributed by atoms with van der Waals surface area (Å²) in [5.41, 5.74) is 0.274. The summed E-state index contributed by atoms with van der Waals surface area (Å²) in [4.78, 5) is 29.3. The predicted octanol–water partition coefficient (Wildman–Crippen LogP) is 4.00. The second-order valence-electron chi connectivity index (χ2n) is 6.04. The average Bonchev–Trinajstić information content (AvgIpc) is 3.05. The van der Waals surface area contributed by atoms with Crippen LogP contribution in [0.2, 0.25) is 5.02 Å². The van der Waals surface area contributed by atoms with Gasteiger partial charge in [0.05, 0.1) is 28.4 Å². The number of benzene rings is 2. The zero-order chi connectivity index (χ0) is 20.0. The summed E-state index contributed by atoms with van der Waals surface area (Å²) < 4.78 is 33.6. The third-order valence-corrected chi connectivity index (χ3v) is 5.45. The summed E-state index contributed by atoms with van der Waals surface area (Å²) in [6.45, 7) is -0.0483. The number of carbonyl (C=O) groups is 2. The molecule has 1 amide bonds. The molecular formula is C18H11ClF2N2O4S. The summed E-state index contributed by atoms with van der Waals surface area (Å²) >= 11 is 6.75. The molecule has 28 heavy (non-hydrogen) atoms. The number of carboxylic acids is 1. The Balaban J connectivity index is 1.73. The molecule has 0 fully saturated rings. The molecule has 1 aromatic heterocycles. The van der Waals surface area contributed by atoms with Gasteiger partial charge in [-0.05, 0) is 18.2 Å². The van der Waals surface area contributed by atoms with Crippen LogP contribution in [0.25, 0.3) is 10.2 Å². The summed E-state index contributed by atoms with van der Waals surface area (Å²) in [5.74, 6) is -3.70. The van der Waals surface area contributed by atoms with Gasteiger partial charge in [-0.15, -0.1) is 11.3 Å². The molecule has 2 aromatic carbocycles. The molecule has 1 aliphatic heterocycles. The van der Waals surface area contributed by atoms with E-state index in [1.165, 1.54) is 11.0 Å². The number of aliphatic carboxylic acids is 1. The third kappa shape index (κ3) is 3.16. The number of rotatable bonds is 4. The Kier molecular flexibility index (Phi) is 4.64. The molecule has 1 atom stereocenters. The lowest BCUT2D eigenvalue weighted by atomic mass is 10.1. The summed E-state index contributed by atoms with van der Waals surface area (Å²) in [7, 11) is 0. The highest BCUT2D eigenvalue weighted by atomic mass is 35.5. The maximum absolute atomic E-state index is 14.1. The van der Waals surface area contributed by atoms with E-state index in [4.69, 9.17) is 21.4 Å². The van der Waals surface area contributed by atoms with Crippen molar-refractivity contribution in [2.24, 2.45) is 0 Å². The second-order valence-corrected chi connectivity index (χ2v) is 7.56. The maximum atomic E-state index is 14.1. The first kappa shape index (κ1) is 18.6. The highest BCUT2D eigenvalue weighted by Crippen LogP contribution is 2.37. The fourth-order valence-corrected chi connectivity index (χ4v) is 4.20. The Morgan fingerprint density at radius 2 is 2.07 bits per heavy atom. The van der Waals surface area contributed by atoms with Gasteiger partial charge in [0, 0.05) is 0 Å². The van der Waals surface area contributed by atoms with Crippen molar-refractivity contribution < 1.29 is 28.2 Å². The van der Waals surface area contributed by atoms with E-state index in [9.17, 15) is 18.4 Å². The van der Waals surface area contributed by atoms with Gasteiger partial charge in [-0.1, -0.05) is 23.7 Å². The van der Waals surface area contributed by atoms with Gasteiger partial charge in [0.1, 0.15) is 16.3 Å². The van der Waals surface area contributed by atoms with Crippen LogP contribution in [-0.2, 0) is 16.1 Å². The van der Waals surface area contributed by atoms with Crippen LogP contribution in [0.1, 0.15) is 11.4 Å². The quantitative estimate of drug-likeness (QED) is 0.640. The van der Waals surface area contributed by atoms with Crippen LogP contribution in [0.5, 0.6) is 5.75 Å². The molecule has 0 saturated carbocycles. The van der Waals surface area contributed by atoms with Crippen LogP contribution in [0.4, 0.5) is 14.5 Å². The summed E-state index contributed by atoms with van der Waals surface area (Å²) in [5, 5.41) is 9.02. The van der Waals surface area contributed by atoms with Gasteiger partial charge in [0.2, 0.25) is 0 Å². The molecule has 6 nitrogen and oxygen atoms in total. The van der Waals surface area contributed by atoms with Gasteiger partial charge in [-0.3, -0.25) is 14.5 Å². The van der Waals surface area contributed by atoms with Crippen LogP contribution in [-0.4, -0.2) is 28.1 Å². The molecule has 1 aliphatic rings. The highest BCUT2D eigenvalue weighted by molar-refractivity contribution is 7.18. The fraction of sp³-hybridized carbons (Fsp3) is 0.167. The van der Waals surface area contributed by atoms with E-state index in [2.05, 4.69) is 4.98 Å². The van der Waals surface area contributed by atoms with E-state index in [0.29, 0.717) is 21.1 Å². The zero-order valence-corrected chi connectivity index (χ0v) is 15.6. The van der Waals surface area contributed by atoms with Gasteiger partial charge in [-0.25, -0.2) is 13.8 Å². The molecule has 1 unspecified atom stereocenters. The number of aromatic nitrogens is 1. The van der Waals surface area contributed by atoms with Crippen molar-refractivity contribution in [2.75, 3.05) is 4.90 Å². The van der Waals surface area contributed by atoms with Crippen LogP contribution >= 0.6 is 22.9 Å². The Morgan fingerprint density at radius 1 is 1.32 bits per heavy atom. The first-order valence-corrected chi connectivity index (χ1v) is 9.26. The van der Waals surface area contributed by atoms with E-state index in [-0.39, 0.29) is 17.1 Å². The standard InChI is InChI=1S/C18H11ClF2N2O4S/c19-8-5-12-17(16(21)15(8)20)22-13(28-12)7-23-9-3-1-2-4-10(9)27-11(18(23)26)6-14(24)25/h1-5,11H,6-7H2,(H,24,25). The topological polar surface area (TPSA) is 79.7 Å². The average molecular weight is 425 g/mol. The van der Waals surface area contributed by atoms with Gasteiger partial charge in [-0.2, -0.15) is 0 Å². The SMILES string of the molecule is O=C(O)CC1Oc2ccccc2N(Cc2nc3c(F)c(F)c(Cl)cc3s2)C1=O. The molecule has 144 valence electrons. The summed E-state index contributed by atoms with van der Waals surface area (Å²) in [6.07, 6.45) is -1.69. The van der Waals surface area contributed by atoms with E-state index in [1.54, 1.807) is 24.3 Å². The van der Waals surface area contributed by atoms with Crippen LogP contribution in [0, 0.1) is 11.6 Å². The van der Waals surface area contributed by atoms with Crippen LogP contribution < -0.4 is 9.64 Å². The number of halogens is 3. The number of para-hydroxylation sites is 2. The van der Waals surface area contributed by atoms with Crippen molar-refractivity contribution >= 4 is 50.7 Å². The molecule has 0 radical (unpaired) electrons. The lowest BCUT2D eigenvalue weighted by Gasteiger charge is -2.33. The van der Waals surface area contributed by atoms with Crippen molar-refractivity contribution in [3.8, 4) is 5.75 Å². The fourth-order valence-electron chi connectivity index (χ4n) is 2.95. The molecule has 1 N–H and O–H groups in total. The minimum atomic E-state index is -1.19. The molecule has 0 saturated heterocycles. The Morgan fingerprint density at radius 3 is 2.82 bits per heavy atom. The maximum Gasteiger partial charge on any atom is 0.307 e. The minimum absolute atomic E-state index is 0.0483. The van der Waals surface area contributed by atoms with Gasteiger partial charge >= 0.3 is 5.97 Å². The molecule has 0 spiro atoms. The summed E-state index contributed by atoms with van der Waals surface area (Å²) in [6, 6.07) is 7.94. The van der Waals surface area contributed by atoms with E-state index >= 15 is 0 Å². The van der Waals surface area contributed by atoms with Crippen molar-refractivity contribution in [3.05, 3.63) is 52.0 Å². The van der Waals surface area contributed by atoms with E-state index in [0.717, 1.165) is 11.3 Å². The number of carbonyl (C=O) groups excluding carboxylic acids is 1. The number of hydrogen-bond donors (Lipinski definition) is 1. The van der Waals surface area contributed by atoms with Gasteiger partial charge in [0.15, 0.2) is 17.7 Å². The van der Waals surface area contributed by atoms with Crippen molar-refractivity contribution in [3.63, 3.8) is 0 Å². The number of amides is 1. The van der Waals surface area contributed by atoms with Gasteiger partial charge in [0.25, 0.3) is 5.91 Å². The normalized spacial score (nSPS) is 16.2. The van der Waals surface area contributed by atoms with Crippen molar-refractivity contribution in [1.82, 2.24) is 4.98 Å². The van der Waals surface area contributed by atoms with Crippen molar-refractivity contribution in [2.45, 2.75) is 19.1 Å². The first-order valence-electron chi connectivity index (χ1n) is 8.07. The first-order chi connectivity index (χ1) is 13.3. The van der Waals surface area contributed by atoms with E-state index in [1.807, 2.05) is 0 Å². The molecule has 4 rings (SSSR count). The number of carboxylic acid groups (broad SMARTS) is 1. The number of hydrogen-bond acceptors (Lipinski definition) is 5.